The Morgan fingerprint density at radius 3 is 2.50 bits per heavy atom. The zero-order valence-electron chi connectivity index (χ0n) is 19.5. The molecular weight excluding hydrogens is 460 g/mol. The van der Waals surface area contributed by atoms with Crippen molar-refractivity contribution in [2.24, 2.45) is 10.1 Å². The quantitative estimate of drug-likeness (QED) is 0.173. The van der Waals surface area contributed by atoms with E-state index >= 15 is 0 Å². The molecule has 0 fully saturated rings. The number of aliphatic carboxylic acids is 1. The van der Waals surface area contributed by atoms with E-state index in [1.807, 2.05) is 30.3 Å². The molecule has 0 radical (unpaired) electrons. The Kier molecular flexibility index (Phi) is 7.85. The fraction of sp³-hybridized carbons (Fsp3) is 0.259. The Hall–Kier alpha value is -4.33. The number of hydrogen-bond acceptors (Lipinski definition) is 6. The lowest BCUT2D eigenvalue weighted by Crippen LogP contribution is -2.43. The van der Waals surface area contributed by atoms with Crippen LogP contribution < -0.4 is 4.74 Å². The largest absolute Gasteiger partial charge is 0.494 e. The third-order valence-corrected chi connectivity index (χ3v) is 5.97. The molecular formula is C27H26N4O5. The molecule has 0 bridgehead atoms. The van der Waals surface area contributed by atoms with Crippen LogP contribution in [0.5, 0.6) is 5.75 Å². The first-order chi connectivity index (χ1) is 17.6. The van der Waals surface area contributed by atoms with Crippen molar-refractivity contribution >= 4 is 11.9 Å². The molecule has 0 saturated heterocycles. The van der Waals surface area contributed by atoms with Gasteiger partial charge in [-0.2, -0.15) is 0 Å². The van der Waals surface area contributed by atoms with Crippen molar-refractivity contribution in [1.29, 1.82) is 0 Å². The van der Waals surface area contributed by atoms with E-state index < -0.39 is 17.6 Å². The third kappa shape index (κ3) is 5.33. The average Bonchev–Trinajstić information content (AvgIpc) is 3.29. The first-order valence-corrected chi connectivity index (χ1v) is 11.5. The molecule has 9 nitrogen and oxygen atoms in total. The van der Waals surface area contributed by atoms with Gasteiger partial charge >= 0.3 is 5.97 Å². The number of ether oxygens (including phenoxy) is 2. The van der Waals surface area contributed by atoms with Gasteiger partial charge in [-0.1, -0.05) is 59.7 Å². The lowest BCUT2D eigenvalue weighted by atomic mass is 9.81. The highest BCUT2D eigenvalue weighted by molar-refractivity contribution is 5.99. The Labute approximate surface area is 208 Å². The molecule has 1 heterocycles. The molecule has 3 aromatic carbocycles. The molecule has 36 heavy (non-hydrogen) atoms. The van der Waals surface area contributed by atoms with Crippen molar-refractivity contribution in [1.82, 2.24) is 0 Å². The summed E-state index contributed by atoms with van der Waals surface area (Å²) in [5.41, 5.74) is 9.89. The van der Waals surface area contributed by atoms with Crippen molar-refractivity contribution < 1.29 is 24.5 Å². The molecule has 1 aliphatic heterocycles. The van der Waals surface area contributed by atoms with E-state index in [1.54, 1.807) is 48.5 Å². The summed E-state index contributed by atoms with van der Waals surface area (Å²) in [6, 6.07) is 23.5. The molecule has 0 saturated carbocycles. The number of aliphatic hydroxyl groups excluding tert-OH is 1. The molecule has 2 N–H and O–H groups in total. The van der Waals surface area contributed by atoms with Gasteiger partial charge in [-0.15, -0.1) is 0 Å². The Bertz CT molecular complexity index is 1270. The number of benzene rings is 3. The molecule has 4 rings (SSSR count). The summed E-state index contributed by atoms with van der Waals surface area (Å²) in [5.74, 6) is -0.288. The van der Waals surface area contributed by atoms with Crippen LogP contribution in [0.2, 0.25) is 0 Å². The summed E-state index contributed by atoms with van der Waals surface area (Å²) in [7, 11) is 0. The zero-order chi connectivity index (χ0) is 25.4. The van der Waals surface area contributed by atoms with Crippen LogP contribution in [0.15, 0.2) is 89.0 Å². The maximum atomic E-state index is 12.9. The smallest absolute Gasteiger partial charge is 0.336 e. The van der Waals surface area contributed by atoms with Crippen LogP contribution in [0.4, 0.5) is 0 Å². The van der Waals surface area contributed by atoms with Gasteiger partial charge in [-0.05, 0) is 46.5 Å². The van der Waals surface area contributed by atoms with Gasteiger partial charge < -0.3 is 19.7 Å². The van der Waals surface area contributed by atoms with Crippen molar-refractivity contribution in [2.75, 3.05) is 13.2 Å². The topological polar surface area (TPSA) is 137 Å². The molecule has 9 heteroatoms. The highest BCUT2D eigenvalue weighted by atomic mass is 16.5. The van der Waals surface area contributed by atoms with Crippen LogP contribution >= 0.6 is 0 Å². The number of rotatable bonds is 11. The zero-order valence-corrected chi connectivity index (χ0v) is 19.5. The van der Waals surface area contributed by atoms with E-state index in [-0.39, 0.29) is 25.5 Å². The second-order valence-electron chi connectivity index (χ2n) is 8.34. The first kappa shape index (κ1) is 24.8. The summed E-state index contributed by atoms with van der Waals surface area (Å²) in [5, 5.41) is 23.2. The fourth-order valence-corrected chi connectivity index (χ4v) is 4.19. The number of carboxylic acid groups (broad SMARTS) is 1. The monoisotopic (exact) mass is 486 g/mol. The number of aliphatic imine (C=N–C) groups is 1. The second kappa shape index (κ2) is 11.4. The van der Waals surface area contributed by atoms with Gasteiger partial charge in [0.05, 0.1) is 13.2 Å². The minimum absolute atomic E-state index is 0.0456. The predicted molar refractivity (Wildman–Crippen MR) is 134 cm³/mol. The predicted octanol–water partition coefficient (Wildman–Crippen LogP) is 4.84. The first-order valence-electron chi connectivity index (χ1n) is 11.5. The second-order valence-corrected chi connectivity index (χ2v) is 8.34. The number of nitrogens with zero attached hydrogens (tertiary/aromatic N) is 4. The highest BCUT2D eigenvalue weighted by Gasteiger charge is 2.54. The van der Waals surface area contributed by atoms with E-state index in [9.17, 15) is 9.90 Å². The molecule has 0 amide bonds. The van der Waals surface area contributed by atoms with Gasteiger partial charge in [-0.25, -0.2) is 9.79 Å². The van der Waals surface area contributed by atoms with E-state index in [1.165, 1.54) is 0 Å². The van der Waals surface area contributed by atoms with Crippen molar-refractivity contribution in [3.05, 3.63) is 112 Å². The SMILES string of the molecule is [N-]=[N+]=NCc1ccccc1[C@@H]1OC(c2ccc(OCCCO)cc2)=N[C@]1(Cc1ccccc1)C(=O)O. The average molecular weight is 487 g/mol. The molecule has 1 aliphatic rings. The van der Waals surface area contributed by atoms with Gasteiger partial charge in [0.1, 0.15) is 5.75 Å². The molecule has 0 spiro atoms. The van der Waals surface area contributed by atoms with Crippen LogP contribution in [-0.2, 0) is 22.5 Å². The normalized spacial score (nSPS) is 18.6. The van der Waals surface area contributed by atoms with E-state index in [4.69, 9.17) is 20.1 Å². The molecule has 0 unspecified atom stereocenters. The van der Waals surface area contributed by atoms with Crippen LogP contribution in [0.3, 0.4) is 0 Å². The number of aliphatic hydroxyl groups is 1. The molecule has 0 aliphatic carbocycles. The Morgan fingerprint density at radius 2 is 1.81 bits per heavy atom. The van der Waals surface area contributed by atoms with E-state index in [2.05, 4.69) is 15.0 Å². The Morgan fingerprint density at radius 1 is 1.08 bits per heavy atom. The number of hydrogen-bond donors (Lipinski definition) is 2. The molecule has 2 atom stereocenters. The van der Waals surface area contributed by atoms with Gasteiger partial charge in [-0.3, -0.25) is 0 Å². The van der Waals surface area contributed by atoms with Gasteiger partial charge in [0.2, 0.25) is 11.4 Å². The fourth-order valence-electron chi connectivity index (χ4n) is 4.19. The molecule has 0 aromatic heterocycles. The van der Waals surface area contributed by atoms with Gasteiger partial charge in [0.25, 0.3) is 0 Å². The Balaban J connectivity index is 1.76. The summed E-state index contributed by atoms with van der Waals surface area (Å²) >= 11 is 0. The van der Waals surface area contributed by atoms with E-state index in [0.29, 0.717) is 35.5 Å². The molecule has 3 aromatic rings. The van der Waals surface area contributed by atoms with E-state index in [0.717, 1.165) is 5.56 Å². The molecule has 184 valence electrons. The van der Waals surface area contributed by atoms with Crippen molar-refractivity contribution in [2.45, 2.75) is 31.0 Å². The van der Waals surface area contributed by atoms with Crippen LogP contribution in [0.1, 0.15) is 34.8 Å². The van der Waals surface area contributed by atoms with Gasteiger partial charge in [0.15, 0.2) is 6.10 Å². The summed E-state index contributed by atoms with van der Waals surface area (Å²) in [6.45, 7) is 0.489. The van der Waals surface area contributed by atoms with Crippen LogP contribution in [0.25, 0.3) is 10.4 Å². The maximum Gasteiger partial charge on any atom is 0.336 e. The lowest BCUT2D eigenvalue weighted by Gasteiger charge is -2.29. The van der Waals surface area contributed by atoms with Crippen LogP contribution in [0, 0.1) is 0 Å². The highest BCUT2D eigenvalue weighted by Crippen LogP contribution is 2.43. The van der Waals surface area contributed by atoms with Gasteiger partial charge in [0, 0.05) is 29.9 Å². The van der Waals surface area contributed by atoms with Crippen molar-refractivity contribution in [3.63, 3.8) is 0 Å². The summed E-state index contributed by atoms with van der Waals surface area (Å²) < 4.78 is 11.9. The maximum absolute atomic E-state index is 12.9. The van der Waals surface area contributed by atoms with Crippen LogP contribution in [-0.4, -0.2) is 40.8 Å². The number of azide groups is 1. The minimum Gasteiger partial charge on any atom is -0.494 e. The van der Waals surface area contributed by atoms with Crippen molar-refractivity contribution in [3.8, 4) is 5.75 Å². The third-order valence-electron chi connectivity index (χ3n) is 5.97. The number of carboxylic acids is 1. The standard InChI is InChI=1S/C27H26N4O5/c28-31-29-18-21-9-4-5-10-23(21)24-27(26(33)34,17-19-7-2-1-3-8-19)30-25(36-24)20-11-13-22(14-12-20)35-16-6-15-32/h1-5,7-14,24,32H,6,15-18H2,(H,33,34)/t24-,27-/m0/s1. The summed E-state index contributed by atoms with van der Waals surface area (Å²) in [4.78, 5) is 20.4. The number of carbonyl (C=O) groups is 1. The minimum atomic E-state index is -1.64. The lowest BCUT2D eigenvalue weighted by molar-refractivity contribution is -0.146. The summed E-state index contributed by atoms with van der Waals surface area (Å²) in [6.07, 6.45) is -0.319.